The Morgan fingerprint density at radius 1 is 1.10 bits per heavy atom. The number of halogens is 1. The summed E-state index contributed by atoms with van der Waals surface area (Å²) in [5, 5.41) is 4.64. The SMILES string of the molecule is CS/C(=C/C(=O)c1ccc(Cl)cc1)Nc1ccccc1. The highest BCUT2D eigenvalue weighted by Crippen LogP contribution is 2.18. The van der Waals surface area contributed by atoms with E-state index in [1.165, 1.54) is 11.8 Å². The topological polar surface area (TPSA) is 29.1 Å². The van der Waals surface area contributed by atoms with Crippen LogP contribution in [0.4, 0.5) is 5.69 Å². The van der Waals surface area contributed by atoms with Gasteiger partial charge in [0.15, 0.2) is 5.78 Å². The van der Waals surface area contributed by atoms with E-state index in [4.69, 9.17) is 11.6 Å². The highest BCUT2D eigenvalue weighted by molar-refractivity contribution is 8.02. The second-order valence-electron chi connectivity index (χ2n) is 4.07. The molecule has 0 spiro atoms. The fourth-order valence-corrected chi connectivity index (χ4v) is 2.20. The van der Waals surface area contributed by atoms with Crippen LogP contribution in [-0.2, 0) is 0 Å². The number of rotatable bonds is 5. The normalized spacial score (nSPS) is 11.2. The monoisotopic (exact) mass is 303 g/mol. The van der Waals surface area contributed by atoms with Gasteiger partial charge in [0, 0.05) is 22.3 Å². The van der Waals surface area contributed by atoms with Crippen molar-refractivity contribution < 1.29 is 4.79 Å². The van der Waals surface area contributed by atoms with E-state index >= 15 is 0 Å². The maximum absolute atomic E-state index is 12.1. The first kappa shape index (κ1) is 14.7. The molecule has 2 rings (SSSR count). The molecule has 0 fully saturated rings. The van der Waals surface area contributed by atoms with Gasteiger partial charge in [-0.3, -0.25) is 4.79 Å². The van der Waals surface area contributed by atoms with Crippen molar-refractivity contribution in [1.82, 2.24) is 0 Å². The summed E-state index contributed by atoms with van der Waals surface area (Å²) < 4.78 is 0. The van der Waals surface area contributed by atoms with Gasteiger partial charge in [0.2, 0.25) is 0 Å². The quantitative estimate of drug-likeness (QED) is 0.633. The summed E-state index contributed by atoms with van der Waals surface area (Å²) in [4.78, 5) is 12.1. The molecule has 0 bridgehead atoms. The molecular weight excluding hydrogens is 290 g/mol. The van der Waals surface area contributed by atoms with Crippen LogP contribution in [0.1, 0.15) is 10.4 Å². The van der Waals surface area contributed by atoms with Crippen molar-refractivity contribution in [1.29, 1.82) is 0 Å². The molecule has 0 aliphatic rings. The minimum absolute atomic E-state index is 0.0468. The maximum atomic E-state index is 12.1. The van der Waals surface area contributed by atoms with Crippen LogP contribution in [0.25, 0.3) is 0 Å². The molecule has 0 aliphatic heterocycles. The van der Waals surface area contributed by atoms with E-state index in [-0.39, 0.29) is 5.78 Å². The molecule has 2 aromatic rings. The van der Waals surface area contributed by atoms with Gasteiger partial charge in [-0.25, -0.2) is 0 Å². The van der Waals surface area contributed by atoms with Gasteiger partial charge < -0.3 is 5.32 Å². The summed E-state index contributed by atoms with van der Waals surface area (Å²) in [5.41, 5.74) is 1.58. The molecule has 1 N–H and O–H groups in total. The van der Waals surface area contributed by atoms with Gasteiger partial charge in [0.1, 0.15) is 0 Å². The number of para-hydroxylation sites is 1. The number of benzene rings is 2. The van der Waals surface area contributed by atoms with Gasteiger partial charge in [-0.2, -0.15) is 0 Å². The third-order valence-electron chi connectivity index (χ3n) is 2.65. The zero-order chi connectivity index (χ0) is 14.4. The lowest BCUT2D eigenvalue weighted by atomic mass is 10.1. The Bertz CT molecular complexity index is 608. The predicted octanol–water partition coefficient (Wildman–Crippen LogP) is 4.84. The summed E-state index contributed by atoms with van der Waals surface area (Å²) in [6.07, 6.45) is 3.53. The van der Waals surface area contributed by atoms with E-state index in [1.807, 2.05) is 36.6 Å². The van der Waals surface area contributed by atoms with E-state index in [9.17, 15) is 4.79 Å². The molecule has 4 heteroatoms. The minimum Gasteiger partial charge on any atom is -0.350 e. The summed E-state index contributed by atoms with van der Waals surface area (Å²) in [6.45, 7) is 0. The number of nitrogens with one attached hydrogen (secondary N) is 1. The average molecular weight is 304 g/mol. The Labute approximate surface area is 127 Å². The van der Waals surface area contributed by atoms with Crippen LogP contribution in [0.3, 0.4) is 0 Å². The van der Waals surface area contributed by atoms with E-state index in [0.29, 0.717) is 10.6 Å². The van der Waals surface area contributed by atoms with Crippen LogP contribution in [0.5, 0.6) is 0 Å². The fourth-order valence-electron chi connectivity index (χ4n) is 1.63. The van der Waals surface area contributed by atoms with E-state index in [1.54, 1.807) is 30.3 Å². The molecule has 0 unspecified atom stereocenters. The predicted molar refractivity (Wildman–Crippen MR) is 87.4 cm³/mol. The van der Waals surface area contributed by atoms with Crippen molar-refractivity contribution in [2.24, 2.45) is 0 Å². The fraction of sp³-hybridized carbons (Fsp3) is 0.0625. The molecule has 2 aromatic carbocycles. The molecule has 2 nitrogen and oxygen atoms in total. The van der Waals surface area contributed by atoms with Crippen molar-refractivity contribution >= 4 is 34.8 Å². The minimum atomic E-state index is -0.0468. The lowest BCUT2D eigenvalue weighted by Gasteiger charge is -2.08. The second kappa shape index (κ2) is 7.17. The molecule has 0 aromatic heterocycles. The molecule has 102 valence electrons. The summed E-state index contributed by atoms with van der Waals surface area (Å²) in [7, 11) is 0. The summed E-state index contributed by atoms with van der Waals surface area (Å²) in [5.74, 6) is -0.0468. The molecule has 0 heterocycles. The standard InChI is InChI=1S/C16H14ClNOS/c1-20-16(18-14-5-3-2-4-6-14)11-15(19)12-7-9-13(17)10-8-12/h2-11,18H,1H3/b16-11+. The molecular formula is C16H14ClNOS. The number of hydrogen-bond donors (Lipinski definition) is 1. The first-order chi connectivity index (χ1) is 9.69. The van der Waals surface area contributed by atoms with E-state index < -0.39 is 0 Å². The Balaban J connectivity index is 2.14. The van der Waals surface area contributed by atoms with Crippen LogP contribution >= 0.6 is 23.4 Å². The van der Waals surface area contributed by atoms with Gasteiger partial charge >= 0.3 is 0 Å². The summed E-state index contributed by atoms with van der Waals surface area (Å²) >= 11 is 7.31. The first-order valence-corrected chi connectivity index (χ1v) is 7.67. The number of carbonyl (C=O) groups is 1. The van der Waals surface area contributed by atoms with Gasteiger partial charge in [-0.05, 0) is 42.7 Å². The molecule has 0 amide bonds. The second-order valence-corrected chi connectivity index (χ2v) is 5.36. The molecule has 0 aliphatic carbocycles. The number of thioether (sulfide) groups is 1. The number of hydrogen-bond acceptors (Lipinski definition) is 3. The van der Waals surface area contributed by atoms with Crippen LogP contribution in [0.15, 0.2) is 65.7 Å². The van der Waals surface area contributed by atoms with Gasteiger partial charge in [-0.15, -0.1) is 11.8 Å². The molecule has 0 saturated carbocycles. The Morgan fingerprint density at radius 3 is 2.35 bits per heavy atom. The van der Waals surface area contributed by atoms with Crippen LogP contribution in [-0.4, -0.2) is 12.0 Å². The highest BCUT2D eigenvalue weighted by atomic mass is 35.5. The van der Waals surface area contributed by atoms with Crippen LogP contribution in [0, 0.1) is 0 Å². The Hall–Kier alpha value is -1.71. The largest absolute Gasteiger partial charge is 0.350 e. The van der Waals surface area contributed by atoms with Crippen molar-refractivity contribution in [2.45, 2.75) is 0 Å². The molecule has 0 atom stereocenters. The third kappa shape index (κ3) is 4.15. The van der Waals surface area contributed by atoms with Crippen molar-refractivity contribution in [3.8, 4) is 0 Å². The lowest BCUT2D eigenvalue weighted by molar-refractivity contribution is 0.104. The van der Waals surface area contributed by atoms with Crippen molar-refractivity contribution in [3.05, 3.63) is 76.3 Å². The maximum Gasteiger partial charge on any atom is 0.188 e. The number of allylic oxidation sites excluding steroid dienone is 1. The number of anilines is 1. The van der Waals surface area contributed by atoms with Crippen LogP contribution in [0.2, 0.25) is 5.02 Å². The Morgan fingerprint density at radius 2 is 1.75 bits per heavy atom. The van der Waals surface area contributed by atoms with E-state index in [0.717, 1.165) is 10.7 Å². The highest BCUT2D eigenvalue weighted by Gasteiger charge is 2.05. The van der Waals surface area contributed by atoms with Gasteiger partial charge in [0.25, 0.3) is 0 Å². The average Bonchev–Trinajstić information content (AvgIpc) is 2.48. The van der Waals surface area contributed by atoms with Gasteiger partial charge in [-0.1, -0.05) is 29.8 Å². The zero-order valence-electron chi connectivity index (χ0n) is 11.0. The number of carbonyl (C=O) groups excluding carboxylic acids is 1. The van der Waals surface area contributed by atoms with Gasteiger partial charge in [0.05, 0.1) is 5.03 Å². The van der Waals surface area contributed by atoms with Crippen LogP contribution < -0.4 is 5.32 Å². The number of ketones is 1. The van der Waals surface area contributed by atoms with Crippen molar-refractivity contribution in [2.75, 3.05) is 11.6 Å². The first-order valence-electron chi connectivity index (χ1n) is 6.06. The third-order valence-corrected chi connectivity index (χ3v) is 3.56. The molecule has 20 heavy (non-hydrogen) atoms. The van der Waals surface area contributed by atoms with E-state index in [2.05, 4.69) is 5.32 Å². The Kier molecular flexibility index (Phi) is 5.27. The van der Waals surface area contributed by atoms with Crippen molar-refractivity contribution in [3.63, 3.8) is 0 Å². The lowest BCUT2D eigenvalue weighted by Crippen LogP contribution is -2.01. The summed E-state index contributed by atoms with van der Waals surface area (Å²) in [6, 6.07) is 16.6. The smallest absolute Gasteiger partial charge is 0.188 e. The molecule has 0 radical (unpaired) electrons. The zero-order valence-corrected chi connectivity index (χ0v) is 12.5. The molecule has 0 saturated heterocycles.